The Morgan fingerprint density at radius 2 is 1.86 bits per heavy atom. The van der Waals surface area contributed by atoms with Crippen molar-refractivity contribution in [1.82, 2.24) is 10.4 Å². The van der Waals surface area contributed by atoms with Crippen molar-refractivity contribution in [2.75, 3.05) is 18.5 Å². The standard InChI is InChI=1S/C18H27N3O7/c1-3-21(27)18(26)17(20-15(23)11-12(2)22)19-13-6-8-14(9-7-13)28-10-4-5-16(24)25/h6-9,12,17,19,22,27H,3-5,10-11H2,1-2H3,(H,20,23)(H,24,25). The van der Waals surface area contributed by atoms with Crippen LogP contribution in [-0.4, -0.2) is 63.7 Å². The predicted molar refractivity (Wildman–Crippen MR) is 99.8 cm³/mol. The van der Waals surface area contributed by atoms with Gasteiger partial charge in [0, 0.05) is 18.7 Å². The molecule has 5 N–H and O–H groups in total. The smallest absolute Gasteiger partial charge is 0.303 e. The van der Waals surface area contributed by atoms with Crippen LogP contribution in [0.5, 0.6) is 5.75 Å². The zero-order chi connectivity index (χ0) is 21.1. The molecule has 0 aromatic heterocycles. The third-order valence-corrected chi connectivity index (χ3v) is 3.56. The summed E-state index contributed by atoms with van der Waals surface area (Å²) in [4.78, 5) is 34.6. The molecule has 0 aliphatic heterocycles. The summed E-state index contributed by atoms with van der Waals surface area (Å²) < 4.78 is 5.42. The number of nitrogens with one attached hydrogen (secondary N) is 2. The average Bonchev–Trinajstić information content (AvgIpc) is 2.63. The number of hydrogen-bond acceptors (Lipinski definition) is 7. The second-order valence-corrected chi connectivity index (χ2v) is 6.12. The van der Waals surface area contributed by atoms with Gasteiger partial charge in [-0.1, -0.05) is 0 Å². The first-order valence-electron chi connectivity index (χ1n) is 8.91. The predicted octanol–water partition coefficient (Wildman–Crippen LogP) is 0.793. The van der Waals surface area contributed by atoms with Crippen molar-refractivity contribution in [2.24, 2.45) is 0 Å². The van der Waals surface area contributed by atoms with E-state index in [1.54, 1.807) is 31.2 Å². The molecule has 1 aromatic carbocycles. The molecule has 0 aliphatic carbocycles. The van der Waals surface area contributed by atoms with Gasteiger partial charge in [-0.2, -0.15) is 0 Å². The molecule has 10 heteroatoms. The first kappa shape index (κ1) is 23.2. The maximum Gasteiger partial charge on any atom is 0.303 e. The fourth-order valence-corrected chi connectivity index (χ4v) is 2.18. The number of amides is 2. The lowest BCUT2D eigenvalue weighted by Crippen LogP contribution is -2.52. The van der Waals surface area contributed by atoms with E-state index in [1.165, 1.54) is 6.92 Å². The second kappa shape index (κ2) is 11.8. The third kappa shape index (κ3) is 8.69. The van der Waals surface area contributed by atoms with E-state index in [1.807, 2.05) is 0 Å². The van der Waals surface area contributed by atoms with Gasteiger partial charge in [0.25, 0.3) is 5.91 Å². The van der Waals surface area contributed by atoms with E-state index >= 15 is 0 Å². The zero-order valence-corrected chi connectivity index (χ0v) is 15.9. The third-order valence-electron chi connectivity index (χ3n) is 3.56. The minimum atomic E-state index is -1.22. The van der Waals surface area contributed by atoms with Crippen LogP contribution in [0.15, 0.2) is 24.3 Å². The summed E-state index contributed by atoms with van der Waals surface area (Å²) in [6, 6.07) is 6.47. The van der Waals surface area contributed by atoms with Crippen molar-refractivity contribution in [3.05, 3.63) is 24.3 Å². The number of likely N-dealkylation sites (N-methyl/N-ethyl adjacent to an activating group) is 1. The number of carboxylic acid groups (broad SMARTS) is 1. The number of anilines is 1. The lowest BCUT2D eigenvalue weighted by atomic mass is 10.2. The van der Waals surface area contributed by atoms with Gasteiger partial charge in [0.2, 0.25) is 5.91 Å². The Bertz CT molecular complexity index is 649. The zero-order valence-electron chi connectivity index (χ0n) is 15.9. The van der Waals surface area contributed by atoms with Gasteiger partial charge >= 0.3 is 5.97 Å². The number of carboxylic acids is 1. The van der Waals surface area contributed by atoms with Gasteiger partial charge in [-0.3, -0.25) is 19.6 Å². The van der Waals surface area contributed by atoms with Crippen LogP contribution in [0.4, 0.5) is 5.69 Å². The molecule has 0 saturated carbocycles. The number of aliphatic hydroxyl groups excluding tert-OH is 1. The van der Waals surface area contributed by atoms with Gasteiger partial charge < -0.3 is 25.6 Å². The molecular formula is C18H27N3O7. The molecule has 1 aromatic rings. The number of ether oxygens (including phenoxy) is 1. The monoisotopic (exact) mass is 397 g/mol. The molecule has 10 nitrogen and oxygen atoms in total. The van der Waals surface area contributed by atoms with E-state index in [0.717, 1.165) is 0 Å². The Hall–Kier alpha value is -2.85. The first-order valence-corrected chi connectivity index (χ1v) is 8.91. The minimum Gasteiger partial charge on any atom is -0.494 e. The van der Waals surface area contributed by atoms with Gasteiger partial charge in [-0.25, -0.2) is 5.06 Å². The lowest BCUT2D eigenvalue weighted by Gasteiger charge is -2.24. The fraction of sp³-hybridized carbons (Fsp3) is 0.500. The van der Waals surface area contributed by atoms with Crippen molar-refractivity contribution >= 4 is 23.5 Å². The number of nitrogens with zero attached hydrogens (tertiary/aromatic N) is 1. The van der Waals surface area contributed by atoms with Gasteiger partial charge in [0.1, 0.15) is 5.75 Å². The Labute approximate surface area is 163 Å². The highest BCUT2D eigenvalue weighted by atomic mass is 16.5. The van der Waals surface area contributed by atoms with Crippen molar-refractivity contribution in [3.63, 3.8) is 0 Å². The normalized spacial score (nSPS) is 12.6. The van der Waals surface area contributed by atoms with Crippen LogP contribution < -0.4 is 15.4 Å². The highest BCUT2D eigenvalue weighted by Gasteiger charge is 2.25. The van der Waals surface area contributed by atoms with Crippen LogP contribution in [0.25, 0.3) is 0 Å². The number of hydroxylamine groups is 2. The molecule has 0 bridgehead atoms. The molecule has 0 aliphatic rings. The highest BCUT2D eigenvalue weighted by Crippen LogP contribution is 2.17. The van der Waals surface area contributed by atoms with Crippen molar-refractivity contribution in [3.8, 4) is 5.75 Å². The molecule has 0 radical (unpaired) electrons. The molecule has 2 unspecified atom stereocenters. The van der Waals surface area contributed by atoms with Crippen molar-refractivity contribution in [2.45, 2.75) is 45.4 Å². The lowest BCUT2D eigenvalue weighted by molar-refractivity contribution is -0.166. The van der Waals surface area contributed by atoms with Crippen molar-refractivity contribution in [1.29, 1.82) is 0 Å². The number of aliphatic hydroxyl groups is 1. The van der Waals surface area contributed by atoms with Crippen LogP contribution in [0, 0.1) is 0 Å². The Morgan fingerprint density at radius 1 is 1.21 bits per heavy atom. The summed E-state index contributed by atoms with van der Waals surface area (Å²) in [6.07, 6.45) is -1.88. The average molecular weight is 397 g/mol. The molecule has 0 heterocycles. The highest BCUT2D eigenvalue weighted by molar-refractivity contribution is 5.89. The first-order chi connectivity index (χ1) is 13.2. The van der Waals surface area contributed by atoms with E-state index in [0.29, 0.717) is 22.9 Å². The molecule has 0 fully saturated rings. The van der Waals surface area contributed by atoms with Crippen LogP contribution in [0.3, 0.4) is 0 Å². The van der Waals surface area contributed by atoms with Gasteiger partial charge in [-0.05, 0) is 44.5 Å². The number of rotatable bonds is 12. The van der Waals surface area contributed by atoms with Gasteiger partial charge in [0.15, 0.2) is 6.17 Å². The molecule has 28 heavy (non-hydrogen) atoms. The van der Waals surface area contributed by atoms with Crippen LogP contribution in [0.2, 0.25) is 0 Å². The molecule has 2 amide bonds. The number of carbonyl (C=O) groups excluding carboxylic acids is 2. The maximum atomic E-state index is 12.3. The number of carbonyl (C=O) groups is 3. The maximum absolute atomic E-state index is 12.3. The molecule has 2 atom stereocenters. The van der Waals surface area contributed by atoms with Gasteiger partial charge in [-0.15, -0.1) is 0 Å². The van der Waals surface area contributed by atoms with E-state index < -0.39 is 30.1 Å². The fourth-order valence-electron chi connectivity index (χ4n) is 2.18. The molecule has 0 saturated heterocycles. The van der Waals surface area contributed by atoms with Crippen LogP contribution in [0.1, 0.15) is 33.1 Å². The van der Waals surface area contributed by atoms with E-state index in [9.17, 15) is 24.7 Å². The van der Waals surface area contributed by atoms with Crippen LogP contribution in [-0.2, 0) is 14.4 Å². The summed E-state index contributed by atoms with van der Waals surface area (Å²) >= 11 is 0. The van der Waals surface area contributed by atoms with Crippen molar-refractivity contribution < 1.29 is 34.5 Å². The molecular weight excluding hydrogens is 370 g/mol. The Morgan fingerprint density at radius 3 is 2.39 bits per heavy atom. The molecule has 0 spiro atoms. The van der Waals surface area contributed by atoms with E-state index in [-0.39, 0.29) is 26.0 Å². The second-order valence-electron chi connectivity index (χ2n) is 6.12. The Balaban J connectivity index is 2.72. The minimum absolute atomic E-state index is 0.0185. The SMILES string of the molecule is CCN(O)C(=O)C(NC(=O)CC(C)O)Nc1ccc(OCCCC(=O)O)cc1. The Kier molecular flexibility index (Phi) is 9.75. The summed E-state index contributed by atoms with van der Waals surface area (Å²) in [5.74, 6) is -1.67. The molecule has 1 rings (SSSR count). The number of aliphatic carboxylic acids is 1. The largest absolute Gasteiger partial charge is 0.494 e. The van der Waals surface area contributed by atoms with Crippen LogP contribution >= 0.6 is 0 Å². The van der Waals surface area contributed by atoms with Gasteiger partial charge in [0.05, 0.1) is 19.1 Å². The summed E-state index contributed by atoms with van der Waals surface area (Å²) in [6.45, 7) is 3.31. The number of benzene rings is 1. The van der Waals surface area contributed by atoms with E-state index in [2.05, 4.69) is 10.6 Å². The van der Waals surface area contributed by atoms with E-state index in [4.69, 9.17) is 9.84 Å². The summed E-state index contributed by atoms with van der Waals surface area (Å²) in [5, 5.41) is 33.3. The summed E-state index contributed by atoms with van der Waals surface area (Å²) in [5.41, 5.74) is 0.484. The summed E-state index contributed by atoms with van der Waals surface area (Å²) in [7, 11) is 0. The topological polar surface area (TPSA) is 148 Å². The molecule has 156 valence electrons. The quantitative estimate of drug-likeness (QED) is 0.150. The number of hydrogen-bond donors (Lipinski definition) is 5.